The summed E-state index contributed by atoms with van der Waals surface area (Å²) in [7, 11) is 0. The van der Waals surface area contributed by atoms with E-state index in [1.54, 1.807) is 0 Å². The maximum Gasteiger partial charge on any atom is 0.408 e. The van der Waals surface area contributed by atoms with Crippen LogP contribution in [0.3, 0.4) is 0 Å². The summed E-state index contributed by atoms with van der Waals surface area (Å²) in [5.74, 6) is -0.758. The van der Waals surface area contributed by atoms with Gasteiger partial charge in [0.25, 0.3) is 0 Å². The smallest absolute Gasteiger partial charge is 0.408 e. The van der Waals surface area contributed by atoms with Gasteiger partial charge in [0.2, 0.25) is 0 Å². The van der Waals surface area contributed by atoms with Crippen LogP contribution in [-0.4, -0.2) is 36.3 Å². The number of hydrogen-bond donors (Lipinski definition) is 3. The molecule has 6 nitrogen and oxygen atoms in total. The number of alkyl carbamates (subject to hydrolysis) is 1. The molecule has 6 heteroatoms. The van der Waals surface area contributed by atoms with Gasteiger partial charge in [0.05, 0.1) is 0 Å². The Balaban J connectivity index is 1.79. The van der Waals surface area contributed by atoms with E-state index in [-0.39, 0.29) is 12.5 Å². The Morgan fingerprint density at radius 1 is 1.36 bits per heavy atom. The summed E-state index contributed by atoms with van der Waals surface area (Å²) in [5, 5.41) is 14.9. The van der Waals surface area contributed by atoms with Crippen molar-refractivity contribution in [3.63, 3.8) is 0 Å². The largest absolute Gasteiger partial charge is 0.480 e. The molecule has 22 heavy (non-hydrogen) atoms. The number of aliphatic carboxylic acids is 1. The molecule has 2 atom stereocenters. The molecule has 0 saturated carbocycles. The number of benzene rings is 1. The van der Waals surface area contributed by atoms with E-state index >= 15 is 0 Å². The van der Waals surface area contributed by atoms with E-state index in [0.717, 1.165) is 31.5 Å². The predicted molar refractivity (Wildman–Crippen MR) is 81.4 cm³/mol. The molecule has 0 spiro atoms. The molecule has 0 bridgehead atoms. The average Bonchev–Trinajstić information content (AvgIpc) is 2.54. The first-order valence-electron chi connectivity index (χ1n) is 7.56. The molecule has 1 saturated heterocycles. The number of amides is 1. The van der Waals surface area contributed by atoms with Crippen LogP contribution in [0, 0.1) is 5.92 Å². The van der Waals surface area contributed by atoms with Crippen molar-refractivity contribution in [3.05, 3.63) is 35.9 Å². The second-order valence-corrected chi connectivity index (χ2v) is 5.54. The van der Waals surface area contributed by atoms with Crippen LogP contribution < -0.4 is 10.6 Å². The van der Waals surface area contributed by atoms with Crippen molar-refractivity contribution in [3.8, 4) is 0 Å². The number of carbonyl (C=O) groups is 2. The van der Waals surface area contributed by atoms with E-state index in [1.807, 2.05) is 30.3 Å². The standard InChI is InChI=1S/C16H22N2O4/c19-15(20)14(9-13-7-4-8-17-10-13)18-16(21)22-11-12-5-2-1-3-6-12/h1-3,5-6,13-14,17H,4,7-11H2,(H,18,21)(H,19,20). The van der Waals surface area contributed by atoms with Crippen molar-refractivity contribution in [2.45, 2.75) is 31.9 Å². The molecule has 2 rings (SSSR count). The Bertz CT molecular complexity index is 486. The van der Waals surface area contributed by atoms with Gasteiger partial charge in [-0.2, -0.15) is 0 Å². The normalized spacial score (nSPS) is 19.2. The number of carbonyl (C=O) groups excluding carboxylic acids is 1. The number of carboxylic acids is 1. The molecule has 1 aromatic rings. The van der Waals surface area contributed by atoms with Crippen molar-refractivity contribution in [2.24, 2.45) is 5.92 Å². The Morgan fingerprint density at radius 3 is 2.77 bits per heavy atom. The molecule has 1 amide bonds. The lowest BCUT2D eigenvalue weighted by atomic mass is 9.92. The van der Waals surface area contributed by atoms with Crippen LogP contribution >= 0.6 is 0 Å². The summed E-state index contributed by atoms with van der Waals surface area (Å²) in [5.41, 5.74) is 0.862. The molecule has 2 unspecified atom stereocenters. The van der Waals surface area contributed by atoms with Crippen LogP contribution in [0.4, 0.5) is 4.79 Å². The Labute approximate surface area is 129 Å². The van der Waals surface area contributed by atoms with Crippen molar-refractivity contribution in [2.75, 3.05) is 13.1 Å². The highest BCUT2D eigenvalue weighted by molar-refractivity contribution is 5.79. The minimum Gasteiger partial charge on any atom is -0.480 e. The van der Waals surface area contributed by atoms with Gasteiger partial charge in [-0.1, -0.05) is 30.3 Å². The van der Waals surface area contributed by atoms with E-state index in [0.29, 0.717) is 6.42 Å². The number of piperidine rings is 1. The molecule has 1 aromatic carbocycles. The van der Waals surface area contributed by atoms with Gasteiger partial charge in [-0.25, -0.2) is 9.59 Å². The SMILES string of the molecule is O=C(NC(CC1CCCNC1)C(=O)O)OCc1ccccc1. The van der Waals surface area contributed by atoms with Crippen molar-refractivity contribution >= 4 is 12.1 Å². The molecule has 1 aliphatic heterocycles. The van der Waals surface area contributed by atoms with Crippen LogP contribution in [0.15, 0.2) is 30.3 Å². The van der Waals surface area contributed by atoms with Gasteiger partial charge in [0.15, 0.2) is 0 Å². The number of ether oxygens (including phenoxy) is 1. The Morgan fingerprint density at radius 2 is 2.14 bits per heavy atom. The predicted octanol–water partition coefficient (Wildman–Crippen LogP) is 1.76. The molecule has 0 aliphatic carbocycles. The van der Waals surface area contributed by atoms with Crippen LogP contribution in [0.2, 0.25) is 0 Å². The fourth-order valence-corrected chi connectivity index (χ4v) is 2.59. The van der Waals surface area contributed by atoms with Gasteiger partial charge >= 0.3 is 12.1 Å². The first-order chi connectivity index (χ1) is 10.6. The van der Waals surface area contributed by atoms with E-state index in [9.17, 15) is 14.7 Å². The fourth-order valence-electron chi connectivity index (χ4n) is 2.59. The summed E-state index contributed by atoms with van der Waals surface area (Å²) in [6, 6.07) is 8.36. The molecule has 1 fully saturated rings. The highest BCUT2D eigenvalue weighted by atomic mass is 16.5. The quantitative estimate of drug-likeness (QED) is 0.745. The number of nitrogens with one attached hydrogen (secondary N) is 2. The second-order valence-electron chi connectivity index (χ2n) is 5.54. The highest BCUT2D eigenvalue weighted by Crippen LogP contribution is 2.16. The van der Waals surface area contributed by atoms with Gasteiger partial charge in [0.1, 0.15) is 12.6 Å². The third kappa shape index (κ3) is 5.37. The first kappa shape index (κ1) is 16.3. The summed E-state index contributed by atoms with van der Waals surface area (Å²) < 4.78 is 5.07. The Hall–Kier alpha value is -2.08. The van der Waals surface area contributed by atoms with Gasteiger partial charge < -0.3 is 20.5 Å². The average molecular weight is 306 g/mol. The molecule has 0 aromatic heterocycles. The number of rotatable bonds is 6. The zero-order chi connectivity index (χ0) is 15.8. The highest BCUT2D eigenvalue weighted by Gasteiger charge is 2.25. The third-order valence-electron chi connectivity index (χ3n) is 3.77. The third-order valence-corrected chi connectivity index (χ3v) is 3.77. The number of carboxylic acid groups (broad SMARTS) is 1. The van der Waals surface area contributed by atoms with Crippen molar-refractivity contribution in [1.29, 1.82) is 0 Å². The molecular weight excluding hydrogens is 284 g/mol. The van der Waals surface area contributed by atoms with Crippen LogP contribution in [0.25, 0.3) is 0 Å². The fraction of sp³-hybridized carbons (Fsp3) is 0.500. The van der Waals surface area contributed by atoms with E-state index in [2.05, 4.69) is 10.6 Å². The molecule has 120 valence electrons. The lowest BCUT2D eigenvalue weighted by molar-refractivity contribution is -0.139. The lowest BCUT2D eigenvalue weighted by Crippen LogP contribution is -2.44. The molecular formula is C16H22N2O4. The van der Waals surface area contributed by atoms with Crippen LogP contribution in [0.5, 0.6) is 0 Å². The summed E-state index contributed by atoms with van der Waals surface area (Å²) in [6.07, 6.45) is 1.75. The number of hydrogen-bond acceptors (Lipinski definition) is 4. The van der Waals surface area contributed by atoms with Crippen LogP contribution in [-0.2, 0) is 16.1 Å². The van der Waals surface area contributed by atoms with Gasteiger partial charge in [-0.05, 0) is 43.8 Å². The zero-order valence-corrected chi connectivity index (χ0v) is 12.5. The summed E-state index contributed by atoms with van der Waals surface area (Å²) >= 11 is 0. The zero-order valence-electron chi connectivity index (χ0n) is 12.5. The Kier molecular flexibility index (Phi) is 6.21. The topological polar surface area (TPSA) is 87.7 Å². The molecule has 1 heterocycles. The van der Waals surface area contributed by atoms with E-state index < -0.39 is 18.1 Å². The minimum absolute atomic E-state index is 0.129. The van der Waals surface area contributed by atoms with Crippen molar-refractivity contribution in [1.82, 2.24) is 10.6 Å². The maximum atomic E-state index is 11.8. The molecule has 1 aliphatic rings. The molecule has 0 radical (unpaired) electrons. The van der Waals surface area contributed by atoms with Crippen LogP contribution in [0.1, 0.15) is 24.8 Å². The molecule has 3 N–H and O–H groups in total. The lowest BCUT2D eigenvalue weighted by Gasteiger charge is -2.25. The monoisotopic (exact) mass is 306 g/mol. The van der Waals surface area contributed by atoms with E-state index in [1.165, 1.54) is 0 Å². The second kappa shape index (κ2) is 8.38. The maximum absolute atomic E-state index is 11.8. The van der Waals surface area contributed by atoms with E-state index in [4.69, 9.17) is 4.74 Å². The van der Waals surface area contributed by atoms with Gasteiger partial charge in [-0.15, -0.1) is 0 Å². The first-order valence-corrected chi connectivity index (χ1v) is 7.56. The van der Waals surface area contributed by atoms with Crippen molar-refractivity contribution < 1.29 is 19.4 Å². The minimum atomic E-state index is -1.03. The van der Waals surface area contributed by atoms with Gasteiger partial charge in [0, 0.05) is 0 Å². The summed E-state index contributed by atoms with van der Waals surface area (Å²) in [4.78, 5) is 23.1. The summed E-state index contributed by atoms with van der Waals surface area (Å²) in [6.45, 7) is 1.90. The van der Waals surface area contributed by atoms with Gasteiger partial charge in [-0.3, -0.25) is 0 Å².